The summed E-state index contributed by atoms with van der Waals surface area (Å²) in [5.41, 5.74) is 2.25. The summed E-state index contributed by atoms with van der Waals surface area (Å²) in [7, 11) is -3.77. The summed E-state index contributed by atoms with van der Waals surface area (Å²) < 4.78 is 31.8. The zero-order valence-electron chi connectivity index (χ0n) is 21.3. The highest BCUT2D eigenvalue weighted by Crippen LogP contribution is 2.23. The molecule has 0 radical (unpaired) electrons. The smallest absolute Gasteiger partial charge is 0.244 e. The Labute approximate surface area is 209 Å². The molecular formula is C26H37N3O5S. The molecule has 1 atom stereocenters. The van der Waals surface area contributed by atoms with Crippen LogP contribution in [0.5, 0.6) is 5.75 Å². The molecule has 0 saturated heterocycles. The quantitative estimate of drug-likeness (QED) is 0.451. The van der Waals surface area contributed by atoms with E-state index in [1.54, 1.807) is 24.3 Å². The standard InChI is InChI=1S/C26H37N3O5S/c1-6-16-27-26(31)24(7-2)28(18-21-11-9-10-20(4)17-21)25(30)19-29(35(5,32)33)22-12-14-23(15-13-22)34-8-3/h9-15,17,24H,6-8,16,18-19H2,1-5H3,(H,27,31)/t24-/m1/s1. The molecule has 9 heteroatoms. The molecule has 0 fully saturated rings. The van der Waals surface area contributed by atoms with E-state index >= 15 is 0 Å². The minimum Gasteiger partial charge on any atom is -0.494 e. The van der Waals surface area contributed by atoms with E-state index in [1.807, 2.05) is 52.0 Å². The molecule has 2 aromatic rings. The van der Waals surface area contributed by atoms with Gasteiger partial charge in [-0.3, -0.25) is 13.9 Å². The molecule has 2 amide bonds. The van der Waals surface area contributed by atoms with Crippen LogP contribution in [0.1, 0.15) is 44.7 Å². The number of carbonyl (C=O) groups excluding carboxylic acids is 2. The molecule has 0 aliphatic rings. The molecule has 0 saturated carbocycles. The van der Waals surface area contributed by atoms with E-state index in [1.165, 1.54) is 4.90 Å². The van der Waals surface area contributed by atoms with E-state index in [9.17, 15) is 18.0 Å². The zero-order valence-corrected chi connectivity index (χ0v) is 22.1. The third-order valence-electron chi connectivity index (χ3n) is 5.49. The Morgan fingerprint density at radius 2 is 1.74 bits per heavy atom. The molecule has 192 valence electrons. The van der Waals surface area contributed by atoms with E-state index in [0.717, 1.165) is 28.1 Å². The highest BCUT2D eigenvalue weighted by Gasteiger charge is 2.31. The Kier molecular flexibility index (Phi) is 10.6. The maximum Gasteiger partial charge on any atom is 0.244 e. The lowest BCUT2D eigenvalue weighted by Gasteiger charge is -2.33. The van der Waals surface area contributed by atoms with Crippen LogP contribution in [-0.2, 0) is 26.2 Å². The summed E-state index contributed by atoms with van der Waals surface area (Å²) in [5.74, 6) is -0.0950. The molecule has 0 aliphatic carbocycles. The maximum atomic E-state index is 13.6. The number of anilines is 1. The van der Waals surface area contributed by atoms with Crippen LogP contribution in [0.15, 0.2) is 48.5 Å². The first-order valence-corrected chi connectivity index (χ1v) is 13.8. The molecule has 0 aromatic heterocycles. The number of rotatable bonds is 13. The predicted octanol–water partition coefficient (Wildman–Crippen LogP) is 3.49. The summed E-state index contributed by atoms with van der Waals surface area (Å²) in [5, 5.41) is 2.87. The zero-order chi connectivity index (χ0) is 26.0. The molecule has 8 nitrogen and oxygen atoms in total. The van der Waals surface area contributed by atoms with Crippen molar-refractivity contribution >= 4 is 27.5 Å². The molecule has 2 aromatic carbocycles. The molecule has 35 heavy (non-hydrogen) atoms. The van der Waals surface area contributed by atoms with Gasteiger partial charge in [-0.15, -0.1) is 0 Å². The summed E-state index contributed by atoms with van der Waals surface area (Å²) >= 11 is 0. The second-order valence-electron chi connectivity index (χ2n) is 8.42. The SMILES string of the molecule is CCCNC(=O)[C@@H](CC)N(Cc1cccc(C)c1)C(=O)CN(c1ccc(OCC)cc1)S(C)(=O)=O. The number of ether oxygens (including phenoxy) is 1. The van der Waals surface area contributed by atoms with E-state index in [2.05, 4.69) is 5.32 Å². The van der Waals surface area contributed by atoms with Crippen LogP contribution in [0.25, 0.3) is 0 Å². The van der Waals surface area contributed by atoms with Crippen LogP contribution in [0, 0.1) is 6.92 Å². The third-order valence-corrected chi connectivity index (χ3v) is 6.63. The van der Waals surface area contributed by atoms with Crippen molar-refractivity contribution in [1.82, 2.24) is 10.2 Å². The average Bonchev–Trinajstić information content (AvgIpc) is 2.81. The number of sulfonamides is 1. The highest BCUT2D eigenvalue weighted by atomic mass is 32.2. The van der Waals surface area contributed by atoms with Crippen molar-refractivity contribution in [3.8, 4) is 5.75 Å². The van der Waals surface area contributed by atoms with E-state index < -0.39 is 28.5 Å². The fraction of sp³-hybridized carbons (Fsp3) is 0.462. The van der Waals surface area contributed by atoms with E-state index in [4.69, 9.17) is 4.74 Å². The molecule has 0 bridgehead atoms. The number of nitrogens with zero attached hydrogens (tertiary/aromatic N) is 2. The Bertz CT molecular complexity index is 1090. The predicted molar refractivity (Wildman–Crippen MR) is 139 cm³/mol. The molecule has 2 rings (SSSR count). The topological polar surface area (TPSA) is 96.0 Å². The summed E-state index contributed by atoms with van der Waals surface area (Å²) in [6.45, 7) is 8.38. The minimum absolute atomic E-state index is 0.194. The van der Waals surface area contributed by atoms with Crippen LogP contribution < -0.4 is 14.4 Å². The molecule has 0 spiro atoms. The number of nitrogens with one attached hydrogen (secondary N) is 1. The fourth-order valence-corrected chi connectivity index (χ4v) is 4.63. The average molecular weight is 504 g/mol. The van der Waals surface area contributed by atoms with Crippen molar-refractivity contribution in [3.63, 3.8) is 0 Å². The largest absolute Gasteiger partial charge is 0.494 e. The van der Waals surface area contributed by atoms with Crippen molar-refractivity contribution in [1.29, 1.82) is 0 Å². The summed E-state index contributed by atoms with van der Waals surface area (Å²) in [4.78, 5) is 28.0. The van der Waals surface area contributed by atoms with Gasteiger partial charge in [0, 0.05) is 13.1 Å². The van der Waals surface area contributed by atoms with Crippen molar-refractivity contribution < 1.29 is 22.7 Å². The number of hydrogen-bond acceptors (Lipinski definition) is 5. The van der Waals surface area contributed by atoms with Crippen molar-refractivity contribution in [2.75, 3.05) is 30.3 Å². The molecular weight excluding hydrogens is 466 g/mol. The second-order valence-corrected chi connectivity index (χ2v) is 10.3. The Morgan fingerprint density at radius 1 is 1.06 bits per heavy atom. The van der Waals surface area contributed by atoms with Gasteiger partial charge in [-0.25, -0.2) is 8.42 Å². The first-order valence-electron chi connectivity index (χ1n) is 11.9. The van der Waals surface area contributed by atoms with E-state index in [-0.39, 0.29) is 12.5 Å². The van der Waals surface area contributed by atoms with Gasteiger partial charge < -0.3 is 15.0 Å². The van der Waals surface area contributed by atoms with Gasteiger partial charge in [0.25, 0.3) is 0 Å². The lowest BCUT2D eigenvalue weighted by Crippen LogP contribution is -2.52. The van der Waals surface area contributed by atoms with Crippen molar-refractivity contribution in [2.45, 2.75) is 53.1 Å². The monoisotopic (exact) mass is 503 g/mol. The molecule has 0 aliphatic heterocycles. The minimum atomic E-state index is -3.77. The van der Waals surface area contributed by atoms with E-state index in [0.29, 0.717) is 31.0 Å². The van der Waals surface area contributed by atoms with Crippen molar-refractivity contribution in [3.05, 3.63) is 59.7 Å². The Hall–Kier alpha value is -3.07. The van der Waals surface area contributed by atoms with Gasteiger partial charge in [0.15, 0.2) is 0 Å². The Morgan fingerprint density at radius 3 is 2.29 bits per heavy atom. The van der Waals surface area contributed by atoms with Gasteiger partial charge in [0.2, 0.25) is 21.8 Å². The van der Waals surface area contributed by atoms with Gasteiger partial charge in [0.05, 0.1) is 18.6 Å². The van der Waals surface area contributed by atoms with Crippen LogP contribution in [-0.4, -0.2) is 57.1 Å². The fourth-order valence-electron chi connectivity index (χ4n) is 3.78. The van der Waals surface area contributed by atoms with Gasteiger partial charge in [-0.05, 0) is 56.5 Å². The Balaban J connectivity index is 2.40. The van der Waals surface area contributed by atoms with Gasteiger partial charge in [-0.1, -0.05) is 43.7 Å². The maximum absolute atomic E-state index is 13.6. The van der Waals surface area contributed by atoms with Crippen LogP contribution >= 0.6 is 0 Å². The van der Waals surface area contributed by atoms with Crippen LogP contribution in [0.3, 0.4) is 0 Å². The molecule has 0 unspecified atom stereocenters. The van der Waals surface area contributed by atoms with Crippen molar-refractivity contribution in [2.24, 2.45) is 0 Å². The summed E-state index contributed by atoms with van der Waals surface area (Å²) in [6.07, 6.45) is 2.23. The number of benzene rings is 2. The lowest BCUT2D eigenvalue weighted by molar-refractivity contribution is -0.140. The number of carbonyl (C=O) groups is 2. The van der Waals surface area contributed by atoms with Crippen LogP contribution in [0.2, 0.25) is 0 Å². The summed E-state index contributed by atoms with van der Waals surface area (Å²) in [6, 6.07) is 13.5. The second kappa shape index (κ2) is 13.1. The molecule has 1 N–H and O–H groups in total. The lowest BCUT2D eigenvalue weighted by atomic mass is 10.1. The van der Waals surface area contributed by atoms with Crippen LogP contribution in [0.4, 0.5) is 5.69 Å². The first kappa shape index (κ1) is 28.2. The number of aryl methyl sites for hydroxylation is 1. The van der Waals surface area contributed by atoms with Gasteiger partial charge in [0.1, 0.15) is 18.3 Å². The number of hydrogen-bond donors (Lipinski definition) is 1. The highest BCUT2D eigenvalue weighted by molar-refractivity contribution is 7.92. The number of amides is 2. The van der Waals surface area contributed by atoms with Gasteiger partial charge in [-0.2, -0.15) is 0 Å². The molecule has 0 heterocycles. The van der Waals surface area contributed by atoms with Gasteiger partial charge >= 0.3 is 0 Å². The first-order chi connectivity index (χ1) is 16.6. The third kappa shape index (κ3) is 8.28. The normalized spacial score (nSPS) is 12.0.